The maximum atomic E-state index is 10.1. The van der Waals surface area contributed by atoms with E-state index < -0.39 is 7.82 Å². The number of hydrogen-bond acceptors (Lipinski definition) is 5. The van der Waals surface area contributed by atoms with Crippen molar-refractivity contribution < 1.29 is 32.5 Å². The van der Waals surface area contributed by atoms with Crippen molar-refractivity contribution in [2.75, 3.05) is 52.0 Å². The number of rotatable bonds is 27. The summed E-state index contributed by atoms with van der Waals surface area (Å²) in [6, 6.07) is 3.98. The second kappa shape index (κ2) is 23.7. The van der Waals surface area contributed by atoms with E-state index in [4.69, 9.17) is 18.5 Å². The number of anilines is 1. The van der Waals surface area contributed by atoms with Crippen molar-refractivity contribution in [1.82, 2.24) is 0 Å². The predicted molar refractivity (Wildman–Crippen MR) is 160 cm³/mol. The fourth-order valence-electron chi connectivity index (χ4n) is 4.37. The van der Waals surface area contributed by atoms with Gasteiger partial charge in [-0.3, -0.25) is 4.89 Å². The minimum Gasteiger partial charge on any atom is -0.379 e. The molecule has 0 saturated heterocycles. The molecule has 2 N–H and O–H groups in total. The monoisotopic (exact) mass is 574 g/mol. The summed E-state index contributed by atoms with van der Waals surface area (Å²) in [6.07, 6.45) is 22.1. The van der Waals surface area contributed by atoms with Gasteiger partial charge in [0.15, 0.2) is 18.9 Å². The molecular formula is C30H59N2O6P+2. The molecule has 8 nitrogen and oxygen atoms in total. The van der Waals surface area contributed by atoms with E-state index >= 15 is 0 Å². The predicted octanol–water partition coefficient (Wildman–Crippen LogP) is 7.02. The number of aromatic nitrogens is 1. The Bertz CT molecular complexity index is 735. The highest BCUT2D eigenvalue weighted by atomic mass is 31.2. The maximum Gasteiger partial charge on any atom is 0.663 e. The van der Waals surface area contributed by atoms with E-state index in [2.05, 4.69) is 6.92 Å². The molecule has 39 heavy (non-hydrogen) atoms. The van der Waals surface area contributed by atoms with Crippen LogP contribution in [0, 0.1) is 0 Å². The van der Waals surface area contributed by atoms with Crippen molar-refractivity contribution in [2.24, 2.45) is 0 Å². The number of nitrogens with zero attached hydrogens (tertiary/aromatic N) is 2. The van der Waals surface area contributed by atoms with E-state index in [-0.39, 0.29) is 19.3 Å². The third-order valence-corrected chi connectivity index (χ3v) is 7.78. The second-order valence-electron chi connectivity index (χ2n) is 10.6. The molecule has 0 amide bonds. The molecule has 1 aromatic heterocycles. The van der Waals surface area contributed by atoms with Gasteiger partial charge in [-0.1, -0.05) is 90.4 Å². The zero-order valence-corrected chi connectivity index (χ0v) is 26.3. The lowest BCUT2D eigenvalue weighted by Gasteiger charge is -2.17. The van der Waals surface area contributed by atoms with Crippen LogP contribution in [0.2, 0.25) is 0 Å². The Hall–Kier alpha value is -1.02. The smallest absolute Gasteiger partial charge is 0.379 e. The standard InChI is InChI=1S/C30H57N2O6P/c1-5-7-8-9-10-11-12-13-14-15-16-17-18-19-25-35-27-30(36-6-2)28-38-39(33,34)37-26-24-32-22-20-29(21-23-32)31(3)4/h20-23,30H,5-19,24-28H2,1-4H3/p+2. The van der Waals surface area contributed by atoms with E-state index in [0.29, 0.717) is 26.4 Å². The second-order valence-corrected chi connectivity index (χ2v) is 12.1. The summed E-state index contributed by atoms with van der Waals surface area (Å²) in [7, 11) is 0.0519. The van der Waals surface area contributed by atoms with Gasteiger partial charge < -0.3 is 14.4 Å². The fourth-order valence-corrected chi connectivity index (χ4v) is 5.13. The van der Waals surface area contributed by atoms with Gasteiger partial charge in [-0.15, -0.1) is 0 Å². The van der Waals surface area contributed by atoms with Crippen molar-refractivity contribution in [1.29, 1.82) is 0 Å². The van der Waals surface area contributed by atoms with Crippen molar-refractivity contribution >= 4 is 13.5 Å². The highest BCUT2D eigenvalue weighted by Crippen LogP contribution is 2.42. The SMILES string of the molecule is CCCCCCCCCCCCCCCCOCC(COP(O)(=[OH+])OCC[n+]1ccc(N(C)C)cc1)OCC. The van der Waals surface area contributed by atoms with E-state index in [1.165, 1.54) is 83.5 Å². The van der Waals surface area contributed by atoms with Crippen LogP contribution in [0.25, 0.3) is 0 Å². The molecule has 0 aliphatic heterocycles. The molecule has 228 valence electrons. The van der Waals surface area contributed by atoms with Crippen LogP contribution in [0.5, 0.6) is 0 Å². The normalized spacial score (nSPS) is 13.9. The molecule has 2 unspecified atom stereocenters. The van der Waals surface area contributed by atoms with Crippen molar-refractivity contribution in [3.05, 3.63) is 24.5 Å². The molecule has 1 heterocycles. The third-order valence-electron chi connectivity index (χ3n) is 6.78. The number of pyridine rings is 1. The Morgan fingerprint density at radius 2 is 1.33 bits per heavy atom. The van der Waals surface area contributed by atoms with Crippen molar-refractivity contribution in [3.8, 4) is 0 Å². The summed E-state index contributed by atoms with van der Waals surface area (Å²) < 4.78 is 34.0. The summed E-state index contributed by atoms with van der Waals surface area (Å²) in [5, 5.41) is 0. The van der Waals surface area contributed by atoms with Gasteiger partial charge in [0.2, 0.25) is 0 Å². The van der Waals surface area contributed by atoms with Gasteiger partial charge in [-0.2, -0.15) is 0 Å². The molecule has 9 heteroatoms. The Morgan fingerprint density at radius 3 is 1.85 bits per heavy atom. The van der Waals surface area contributed by atoms with Crippen LogP contribution in [0.4, 0.5) is 5.69 Å². The Morgan fingerprint density at radius 1 is 0.795 bits per heavy atom. The molecule has 0 aromatic carbocycles. The van der Waals surface area contributed by atoms with E-state index in [1.54, 1.807) is 0 Å². The molecule has 0 fully saturated rings. The summed E-state index contributed by atoms with van der Waals surface area (Å²) in [5.74, 6) is 0. The average molecular weight is 575 g/mol. The molecule has 0 radical (unpaired) electrons. The lowest BCUT2D eigenvalue weighted by atomic mass is 10.0. The van der Waals surface area contributed by atoms with Gasteiger partial charge in [0.25, 0.3) is 0 Å². The largest absolute Gasteiger partial charge is 0.663 e. The van der Waals surface area contributed by atoms with Gasteiger partial charge in [0.1, 0.15) is 12.7 Å². The van der Waals surface area contributed by atoms with Crippen LogP contribution < -0.4 is 9.47 Å². The minimum absolute atomic E-state index is 0.0119. The Balaban J connectivity index is 2.05. The minimum atomic E-state index is -3.92. The van der Waals surface area contributed by atoms with E-state index in [0.717, 1.165) is 12.1 Å². The van der Waals surface area contributed by atoms with Crippen LogP contribution in [0.1, 0.15) is 104 Å². The highest BCUT2D eigenvalue weighted by molar-refractivity contribution is 7.47. The van der Waals surface area contributed by atoms with Gasteiger partial charge in [0.05, 0.1) is 13.2 Å². The Labute approximate surface area is 239 Å². The molecule has 1 aromatic rings. The molecule has 0 saturated carbocycles. The zero-order valence-electron chi connectivity index (χ0n) is 25.4. The number of unbranched alkanes of at least 4 members (excludes halogenated alkanes) is 13. The molecule has 1 rings (SSSR count). The molecule has 0 bridgehead atoms. The lowest BCUT2D eigenvalue weighted by molar-refractivity contribution is -0.697. The summed E-state index contributed by atoms with van der Waals surface area (Å²) in [5.41, 5.74) is 1.09. The van der Waals surface area contributed by atoms with Gasteiger partial charge >= 0.3 is 7.82 Å². The maximum absolute atomic E-state index is 10.1. The first-order valence-corrected chi connectivity index (χ1v) is 16.9. The first-order valence-electron chi connectivity index (χ1n) is 15.4. The van der Waals surface area contributed by atoms with Gasteiger partial charge in [-0.05, 0) is 13.3 Å². The first-order chi connectivity index (χ1) is 18.9. The van der Waals surface area contributed by atoms with Crippen LogP contribution in [-0.4, -0.2) is 62.7 Å². The van der Waals surface area contributed by atoms with Crippen molar-refractivity contribution in [2.45, 2.75) is 116 Å². The highest BCUT2D eigenvalue weighted by Gasteiger charge is 2.32. The summed E-state index contributed by atoms with van der Waals surface area (Å²) >= 11 is 0. The Kier molecular flexibility index (Phi) is 21.8. The van der Waals surface area contributed by atoms with Gasteiger partial charge in [-0.25, -0.2) is 18.2 Å². The van der Waals surface area contributed by atoms with E-state index in [1.807, 2.05) is 55.0 Å². The van der Waals surface area contributed by atoms with Crippen LogP contribution >= 0.6 is 7.82 Å². The fraction of sp³-hybridized carbons (Fsp3) is 0.833. The summed E-state index contributed by atoms with van der Waals surface area (Å²) in [4.78, 5) is 12.2. The molecule has 0 aliphatic rings. The average Bonchev–Trinajstić information content (AvgIpc) is 2.91. The van der Waals surface area contributed by atoms with Crippen LogP contribution in [-0.2, 0) is 25.1 Å². The quantitative estimate of drug-likeness (QED) is 0.0526. The number of ether oxygens (including phenoxy) is 2. The number of hydrogen-bond donors (Lipinski definition) is 1. The molecular weight excluding hydrogens is 515 g/mol. The third kappa shape index (κ3) is 20.5. The first kappa shape index (κ1) is 36.0. The summed E-state index contributed by atoms with van der Waals surface area (Å²) in [6.45, 7) is 6.33. The van der Waals surface area contributed by atoms with E-state index in [9.17, 15) is 9.46 Å². The van der Waals surface area contributed by atoms with Crippen molar-refractivity contribution in [3.63, 3.8) is 0 Å². The lowest BCUT2D eigenvalue weighted by Crippen LogP contribution is -2.35. The topological polar surface area (TPSA) is 85.7 Å². The van der Waals surface area contributed by atoms with Crippen LogP contribution in [0.3, 0.4) is 0 Å². The molecule has 2 atom stereocenters. The van der Waals surface area contributed by atoms with Crippen LogP contribution in [0.15, 0.2) is 24.5 Å². The molecule has 0 aliphatic carbocycles. The van der Waals surface area contributed by atoms with Gasteiger partial charge in [0, 0.05) is 45.1 Å². The molecule has 0 spiro atoms. The zero-order chi connectivity index (χ0) is 28.6.